The maximum absolute atomic E-state index is 5.93. The predicted molar refractivity (Wildman–Crippen MR) is 81.1 cm³/mol. The highest BCUT2D eigenvalue weighted by atomic mass is 35.5. The number of methoxy groups -OCH3 is 1. The van der Waals surface area contributed by atoms with Gasteiger partial charge in [0.15, 0.2) is 0 Å². The van der Waals surface area contributed by atoms with Crippen LogP contribution >= 0.6 is 11.6 Å². The summed E-state index contributed by atoms with van der Waals surface area (Å²) in [6, 6.07) is 14.3. The molecule has 0 radical (unpaired) electrons. The van der Waals surface area contributed by atoms with Crippen LogP contribution in [0.1, 0.15) is 16.7 Å². The molecule has 0 spiro atoms. The van der Waals surface area contributed by atoms with Gasteiger partial charge in [-0.3, -0.25) is 0 Å². The number of hydrogen-bond donors (Lipinski definition) is 1. The predicted octanol–water partition coefficient (Wildman–Crippen LogP) is 4.35. The third-order valence-electron chi connectivity index (χ3n) is 3.07. The SMILES string of the molecule is COc1ccc(C)cc1CNc1ccccc1CCl. The van der Waals surface area contributed by atoms with Gasteiger partial charge in [0.2, 0.25) is 0 Å². The van der Waals surface area contributed by atoms with E-state index < -0.39 is 0 Å². The summed E-state index contributed by atoms with van der Waals surface area (Å²) in [6.07, 6.45) is 0. The van der Waals surface area contributed by atoms with Crippen LogP contribution in [-0.2, 0) is 12.4 Å². The average molecular weight is 276 g/mol. The smallest absolute Gasteiger partial charge is 0.123 e. The van der Waals surface area contributed by atoms with E-state index in [0.717, 1.165) is 29.1 Å². The van der Waals surface area contributed by atoms with E-state index >= 15 is 0 Å². The van der Waals surface area contributed by atoms with Crippen molar-refractivity contribution in [3.05, 3.63) is 59.2 Å². The molecular weight excluding hydrogens is 258 g/mol. The minimum absolute atomic E-state index is 0.508. The molecule has 3 heteroatoms. The minimum atomic E-state index is 0.508. The quantitative estimate of drug-likeness (QED) is 0.819. The van der Waals surface area contributed by atoms with Crippen molar-refractivity contribution in [2.24, 2.45) is 0 Å². The highest BCUT2D eigenvalue weighted by molar-refractivity contribution is 6.17. The number of alkyl halides is 1. The van der Waals surface area contributed by atoms with Crippen molar-refractivity contribution in [1.29, 1.82) is 0 Å². The molecule has 19 heavy (non-hydrogen) atoms. The van der Waals surface area contributed by atoms with Gasteiger partial charge in [-0.15, -0.1) is 11.6 Å². The Morgan fingerprint density at radius 3 is 2.63 bits per heavy atom. The summed E-state index contributed by atoms with van der Waals surface area (Å²) in [6.45, 7) is 2.80. The molecule has 0 aliphatic carbocycles. The number of anilines is 1. The molecule has 0 fully saturated rings. The van der Waals surface area contributed by atoms with E-state index in [9.17, 15) is 0 Å². The van der Waals surface area contributed by atoms with Crippen LogP contribution < -0.4 is 10.1 Å². The molecule has 2 aromatic carbocycles. The summed E-state index contributed by atoms with van der Waals surface area (Å²) >= 11 is 5.93. The summed E-state index contributed by atoms with van der Waals surface area (Å²) in [5.41, 5.74) is 4.55. The number of para-hydroxylation sites is 1. The Morgan fingerprint density at radius 1 is 1.11 bits per heavy atom. The average Bonchev–Trinajstić information content (AvgIpc) is 2.45. The Balaban J connectivity index is 2.16. The lowest BCUT2D eigenvalue weighted by atomic mass is 10.1. The monoisotopic (exact) mass is 275 g/mol. The number of aryl methyl sites for hydroxylation is 1. The number of halogens is 1. The van der Waals surface area contributed by atoms with Crippen molar-refractivity contribution >= 4 is 17.3 Å². The Bertz CT molecular complexity index is 554. The third-order valence-corrected chi connectivity index (χ3v) is 3.35. The maximum Gasteiger partial charge on any atom is 0.123 e. The number of hydrogen-bond acceptors (Lipinski definition) is 2. The van der Waals surface area contributed by atoms with Crippen molar-refractivity contribution in [3.8, 4) is 5.75 Å². The first-order valence-electron chi connectivity index (χ1n) is 6.26. The summed E-state index contributed by atoms with van der Waals surface area (Å²) in [7, 11) is 1.70. The van der Waals surface area contributed by atoms with Crippen molar-refractivity contribution in [3.63, 3.8) is 0 Å². The molecule has 1 N–H and O–H groups in total. The zero-order valence-corrected chi connectivity index (χ0v) is 12.0. The highest BCUT2D eigenvalue weighted by Crippen LogP contribution is 2.23. The fourth-order valence-corrected chi connectivity index (χ4v) is 2.28. The second-order valence-corrected chi connectivity index (χ2v) is 4.73. The first-order valence-corrected chi connectivity index (χ1v) is 6.79. The van der Waals surface area contributed by atoms with E-state index in [2.05, 4.69) is 24.4 Å². The van der Waals surface area contributed by atoms with Crippen molar-refractivity contribution in [2.45, 2.75) is 19.3 Å². The molecule has 0 unspecified atom stereocenters. The van der Waals surface area contributed by atoms with E-state index in [1.54, 1.807) is 7.11 Å². The summed E-state index contributed by atoms with van der Waals surface area (Å²) in [4.78, 5) is 0. The lowest BCUT2D eigenvalue weighted by Gasteiger charge is -2.13. The number of nitrogens with one attached hydrogen (secondary N) is 1. The van der Waals surface area contributed by atoms with Gasteiger partial charge in [0.05, 0.1) is 7.11 Å². The lowest BCUT2D eigenvalue weighted by Crippen LogP contribution is -2.03. The Hall–Kier alpha value is -1.67. The van der Waals surface area contributed by atoms with Gasteiger partial charge in [-0.1, -0.05) is 35.9 Å². The van der Waals surface area contributed by atoms with Gasteiger partial charge in [-0.2, -0.15) is 0 Å². The molecule has 100 valence electrons. The summed E-state index contributed by atoms with van der Waals surface area (Å²) in [5.74, 6) is 1.41. The maximum atomic E-state index is 5.93. The van der Waals surface area contributed by atoms with Crippen molar-refractivity contribution in [2.75, 3.05) is 12.4 Å². The second-order valence-electron chi connectivity index (χ2n) is 4.46. The molecule has 2 nitrogen and oxygen atoms in total. The molecule has 0 aliphatic heterocycles. The van der Waals surface area contributed by atoms with Gasteiger partial charge in [0.1, 0.15) is 5.75 Å². The molecule has 0 heterocycles. The minimum Gasteiger partial charge on any atom is -0.496 e. The van der Waals surface area contributed by atoms with Crippen LogP contribution in [0.5, 0.6) is 5.75 Å². The molecule has 0 saturated heterocycles. The van der Waals surface area contributed by atoms with Crippen LogP contribution in [-0.4, -0.2) is 7.11 Å². The molecule has 2 aromatic rings. The van der Waals surface area contributed by atoms with Crippen molar-refractivity contribution < 1.29 is 4.74 Å². The van der Waals surface area contributed by atoms with E-state index in [4.69, 9.17) is 16.3 Å². The molecule has 2 rings (SSSR count). The van der Waals surface area contributed by atoms with Crippen LogP contribution in [0.3, 0.4) is 0 Å². The first kappa shape index (κ1) is 13.8. The van der Waals surface area contributed by atoms with Gasteiger partial charge in [-0.25, -0.2) is 0 Å². The topological polar surface area (TPSA) is 21.3 Å². The van der Waals surface area contributed by atoms with Gasteiger partial charge in [-0.05, 0) is 24.6 Å². The normalized spacial score (nSPS) is 10.3. The second kappa shape index (κ2) is 6.48. The summed E-state index contributed by atoms with van der Waals surface area (Å²) < 4.78 is 5.38. The van der Waals surface area contributed by atoms with Gasteiger partial charge in [0, 0.05) is 23.7 Å². The zero-order chi connectivity index (χ0) is 13.7. The van der Waals surface area contributed by atoms with Crippen LogP contribution in [0, 0.1) is 6.92 Å². The Kier molecular flexibility index (Phi) is 4.69. The van der Waals surface area contributed by atoms with Gasteiger partial charge < -0.3 is 10.1 Å². The highest BCUT2D eigenvalue weighted by Gasteiger charge is 2.05. The molecular formula is C16H18ClNO. The number of benzene rings is 2. The van der Waals surface area contributed by atoms with Gasteiger partial charge >= 0.3 is 0 Å². The molecule has 0 amide bonds. The molecule has 0 atom stereocenters. The number of ether oxygens (including phenoxy) is 1. The van der Waals surface area contributed by atoms with E-state index in [-0.39, 0.29) is 0 Å². The summed E-state index contributed by atoms with van der Waals surface area (Å²) in [5, 5.41) is 3.42. The lowest BCUT2D eigenvalue weighted by molar-refractivity contribution is 0.410. The first-order chi connectivity index (χ1) is 9.24. The largest absolute Gasteiger partial charge is 0.496 e. The Labute approximate surface area is 119 Å². The molecule has 0 saturated carbocycles. The molecule has 0 aromatic heterocycles. The van der Waals surface area contributed by atoms with Crippen LogP contribution in [0.4, 0.5) is 5.69 Å². The Morgan fingerprint density at radius 2 is 1.89 bits per heavy atom. The van der Waals surface area contributed by atoms with Crippen LogP contribution in [0.15, 0.2) is 42.5 Å². The van der Waals surface area contributed by atoms with E-state index in [0.29, 0.717) is 5.88 Å². The fourth-order valence-electron chi connectivity index (χ4n) is 2.05. The molecule has 0 bridgehead atoms. The van der Waals surface area contributed by atoms with Crippen LogP contribution in [0.25, 0.3) is 0 Å². The third kappa shape index (κ3) is 3.42. The standard InChI is InChI=1S/C16H18ClNO/c1-12-7-8-16(19-2)14(9-12)11-18-15-6-4-3-5-13(15)10-17/h3-9,18H,10-11H2,1-2H3. The van der Waals surface area contributed by atoms with Crippen molar-refractivity contribution in [1.82, 2.24) is 0 Å². The molecule has 0 aliphatic rings. The van der Waals surface area contributed by atoms with Crippen LogP contribution in [0.2, 0.25) is 0 Å². The van der Waals surface area contributed by atoms with E-state index in [1.165, 1.54) is 5.56 Å². The zero-order valence-electron chi connectivity index (χ0n) is 11.2. The fraction of sp³-hybridized carbons (Fsp3) is 0.250. The van der Waals surface area contributed by atoms with E-state index in [1.807, 2.05) is 30.3 Å². The van der Waals surface area contributed by atoms with Gasteiger partial charge in [0.25, 0.3) is 0 Å². The number of rotatable bonds is 5.